The number of ether oxygens (including phenoxy) is 1. The summed E-state index contributed by atoms with van der Waals surface area (Å²) in [6.45, 7) is 7.36. The summed E-state index contributed by atoms with van der Waals surface area (Å²) in [6, 6.07) is 7.13. The van der Waals surface area contributed by atoms with Gasteiger partial charge in [0, 0.05) is 5.54 Å². The first-order chi connectivity index (χ1) is 13.8. The van der Waals surface area contributed by atoms with Crippen LogP contribution in [-0.2, 0) is 24.7 Å². The molecule has 1 fully saturated rings. The average molecular weight is 418 g/mol. The molecular formula is C20H26N4O6. The van der Waals surface area contributed by atoms with Crippen molar-refractivity contribution in [1.29, 1.82) is 0 Å². The maximum absolute atomic E-state index is 12.8. The van der Waals surface area contributed by atoms with Gasteiger partial charge >= 0.3 is 18.0 Å². The Kier molecular flexibility index (Phi) is 6.49. The van der Waals surface area contributed by atoms with Crippen LogP contribution in [-0.4, -0.2) is 52.9 Å². The second kappa shape index (κ2) is 8.52. The quantitative estimate of drug-likeness (QED) is 0.483. The van der Waals surface area contributed by atoms with Crippen LogP contribution in [0.4, 0.5) is 9.59 Å². The van der Waals surface area contributed by atoms with E-state index in [4.69, 9.17) is 4.74 Å². The molecule has 6 amide bonds. The first-order valence-corrected chi connectivity index (χ1v) is 9.35. The summed E-state index contributed by atoms with van der Waals surface area (Å²) in [6.07, 6.45) is -1.30. The van der Waals surface area contributed by atoms with Gasteiger partial charge in [0.15, 0.2) is 6.10 Å². The Balaban J connectivity index is 1.96. The third kappa shape index (κ3) is 5.34. The fourth-order valence-corrected chi connectivity index (χ4v) is 2.81. The van der Waals surface area contributed by atoms with Crippen molar-refractivity contribution in [3.63, 3.8) is 0 Å². The number of urea groups is 2. The molecule has 10 nitrogen and oxygen atoms in total. The Labute approximate surface area is 174 Å². The van der Waals surface area contributed by atoms with E-state index in [-0.39, 0.29) is 0 Å². The number of carbonyl (C=O) groups is 5. The summed E-state index contributed by atoms with van der Waals surface area (Å²) in [5, 5.41) is 7.17. The van der Waals surface area contributed by atoms with Crippen LogP contribution in [0.15, 0.2) is 30.3 Å². The van der Waals surface area contributed by atoms with E-state index >= 15 is 0 Å². The Bertz CT molecular complexity index is 864. The van der Waals surface area contributed by atoms with E-state index in [0.29, 0.717) is 5.56 Å². The molecule has 0 aliphatic carbocycles. The highest BCUT2D eigenvalue weighted by atomic mass is 16.5. The minimum atomic E-state index is -1.31. The molecule has 0 bridgehead atoms. The molecule has 0 radical (unpaired) electrons. The minimum Gasteiger partial charge on any atom is -0.451 e. The number of nitrogens with one attached hydrogen (secondary N) is 3. The van der Waals surface area contributed by atoms with Crippen molar-refractivity contribution < 1.29 is 28.7 Å². The molecule has 3 N–H and O–H groups in total. The summed E-state index contributed by atoms with van der Waals surface area (Å²) in [4.78, 5) is 61.7. The zero-order valence-corrected chi connectivity index (χ0v) is 17.6. The van der Waals surface area contributed by atoms with Crippen molar-refractivity contribution in [2.75, 3.05) is 6.54 Å². The lowest BCUT2D eigenvalue weighted by Gasteiger charge is -2.22. The van der Waals surface area contributed by atoms with E-state index in [0.717, 1.165) is 4.90 Å². The lowest BCUT2D eigenvalue weighted by molar-refractivity contribution is -0.156. The number of benzene rings is 1. The molecule has 1 aliphatic heterocycles. The lowest BCUT2D eigenvalue weighted by atomic mass is 9.92. The van der Waals surface area contributed by atoms with Gasteiger partial charge in [-0.15, -0.1) is 0 Å². The van der Waals surface area contributed by atoms with Crippen molar-refractivity contribution >= 4 is 29.8 Å². The first kappa shape index (κ1) is 22.9. The Morgan fingerprint density at radius 1 is 1.17 bits per heavy atom. The normalized spacial score (nSPS) is 19.7. The van der Waals surface area contributed by atoms with E-state index in [9.17, 15) is 24.0 Å². The van der Waals surface area contributed by atoms with Gasteiger partial charge in [-0.05, 0) is 40.2 Å². The number of carbonyl (C=O) groups excluding carboxylic acids is 5. The molecular weight excluding hydrogens is 392 g/mol. The summed E-state index contributed by atoms with van der Waals surface area (Å²) in [5.74, 6) is -2.41. The van der Waals surface area contributed by atoms with Crippen LogP contribution in [0.3, 0.4) is 0 Å². The van der Waals surface area contributed by atoms with E-state index in [1.54, 1.807) is 51.1 Å². The number of rotatable bonds is 5. The molecule has 0 saturated carbocycles. The van der Waals surface area contributed by atoms with Gasteiger partial charge in [-0.25, -0.2) is 9.59 Å². The fraction of sp³-hybridized carbons (Fsp3) is 0.450. The molecule has 1 saturated heterocycles. The van der Waals surface area contributed by atoms with Gasteiger partial charge in [0.1, 0.15) is 12.1 Å². The van der Waals surface area contributed by atoms with Crippen molar-refractivity contribution in [3.8, 4) is 0 Å². The largest absolute Gasteiger partial charge is 0.451 e. The van der Waals surface area contributed by atoms with Crippen LogP contribution in [0.5, 0.6) is 0 Å². The van der Waals surface area contributed by atoms with E-state index in [2.05, 4.69) is 16.0 Å². The third-order valence-electron chi connectivity index (χ3n) is 4.32. The highest BCUT2D eigenvalue weighted by molar-refractivity contribution is 6.09. The van der Waals surface area contributed by atoms with Crippen LogP contribution in [0.2, 0.25) is 0 Å². The predicted molar refractivity (Wildman–Crippen MR) is 106 cm³/mol. The molecule has 162 valence electrons. The molecule has 0 aromatic heterocycles. The second-order valence-corrected chi connectivity index (χ2v) is 8.14. The topological polar surface area (TPSA) is 134 Å². The molecule has 0 spiro atoms. The van der Waals surface area contributed by atoms with Gasteiger partial charge in [-0.1, -0.05) is 30.3 Å². The van der Waals surface area contributed by atoms with Gasteiger partial charge in [0.2, 0.25) is 0 Å². The van der Waals surface area contributed by atoms with Crippen molar-refractivity contribution in [3.05, 3.63) is 35.9 Å². The molecule has 1 aliphatic rings. The number of esters is 1. The smallest absolute Gasteiger partial charge is 0.327 e. The van der Waals surface area contributed by atoms with Crippen molar-refractivity contribution in [1.82, 2.24) is 20.9 Å². The van der Waals surface area contributed by atoms with Gasteiger partial charge in [-0.3, -0.25) is 24.6 Å². The number of nitrogens with zero attached hydrogens (tertiary/aromatic N) is 1. The van der Waals surface area contributed by atoms with Crippen molar-refractivity contribution in [2.45, 2.75) is 51.8 Å². The molecule has 2 atom stereocenters. The number of hydrogen-bond donors (Lipinski definition) is 3. The van der Waals surface area contributed by atoms with Crippen LogP contribution < -0.4 is 16.0 Å². The zero-order valence-electron chi connectivity index (χ0n) is 17.6. The molecule has 2 rings (SSSR count). The molecule has 1 heterocycles. The minimum absolute atomic E-state index is 0.556. The highest BCUT2D eigenvalue weighted by Gasteiger charge is 2.49. The fourth-order valence-electron chi connectivity index (χ4n) is 2.81. The molecule has 30 heavy (non-hydrogen) atoms. The van der Waals surface area contributed by atoms with Gasteiger partial charge in [0.25, 0.3) is 11.8 Å². The first-order valence-electron chi connectivity index (χ1n) is 9.35. The zero-order chi connectivity index (χ0) is 22.7. The SMILES string of the molecule is C[C@@H](OC(=O)CN1C(=O)N[C@](C)(c2ccccc2)C1=O)C(=O)NC(=O)NC(C)(C)C. The Morgan fingerprint density at radius 3 is 2.33 bits per heavy atom. The Morgan fingerprint density at radius 2 is 1.77 bits per heavy atom. The predicted octanol–water partition coefficient (Wildman–Crippen LogP) is 1.01. The van der Waals surface area contributed by atoms with Crippen LogP contribution in [0, 0.1) is 0 Å². The number of imide groups is 2. The van der Waals surface area contributed by atoms with E-state index in [1.165, 1.54) is 13.8 Å². The van der Waals surface area contributed by atoms with Crippen molar-refractivity contribution in [2.24, 2.45) is 0 Å². The van der Waals surface area contributed by atoms with Crippen LogP contribution in [0.1, 0.15) is 40.2 Å². The summed E-state index contributed by atoms with van der Waals surface area (Å²) < 4.78 is 4.97. The van der Waals surface area contributed by atoms with Gasteiger partial charge in [0.05, 0.1) is 0 Å². The monoisotopic (exact) mass is 418 g/mol. The molecule has 1 aromatic rings. The van der Waals surface area contributed by atoms with E-state index in [1.807, 2.05) is 0 Å². The van der Waals surface area contributed by atoms with E-state index < -0.39 is 53.6 Å². The number of hydrogen-bond acceptors (Lipinski definition) is 6. The maximum Gasteiger partial charge on any atom is 0.327 e. The van der Waals surface area contributed by atoms with Gasteiger partial charge < -0.3 is 15.4 Å². The number of amides is 6. The van der Waals surface area contributed by atoms with Gasteiger partial charge in [-0.2, -0.15) is 0 Å². The van der Waals surface area contributed by atoms with Crippen LogP contribution >= 0.6 is 0 Å². The molecule has 0 unspecified atom stereocenters. The third-order valence-corrected chi connectivity index (χ3v) is 4.32. The molecule has 1 aromatic carbocycles. The lowest BCUT2D eigenvalue weighted by Crippen LogP contribution is -2.51. The second-order valence-electron chi connectivity index (χ2n) is 8.14. The Hall–Kier alpha value is -3.43. The highest BCUT2D eigenvalue weighted by Crippen LogP contribution is 2.28. The average Bonchev–Trinajstić information content (AvgIpc) is 2.85. The summed E-state index contributed by atoms with van der Waals surface area (Å²) in [5.41, 5.74) is -1.30. The van der Waals surface area contributed by atoms with Crippen LogP contribution in [0.25, 0.3) is 0 Å². The molecule has 10 heteroatoms. The summed E-state index contributed by atoms with van der Waals surface area (Å²) in [7, 11) is 0. The summed E-state index contributed by atoms with van der Waals surface area (Å²) >= 11 is 0. The maximum atomic E-state index is 12.8. The standard InChI is InChI=1S/C20H26N4O6/c1-12(15(26)21-17(28)22-19(2,3)4)30-14(25)11-24-16(27)20(5,23-18(24)29)13-9-7-6-8-10-13/h6-10,12H,11H2,1-5H3,(H,23,29)(H2,21,22,26,28)/t12-,20-/m1/s1.